The van der Waals surface area contributed by atoms with Gasteiger partial charge in [0, 0.05) is 23.4 Å². The van der Waals surface area contributed by atoms with Gasteiger partial charge in [0.25, 0.3) is 0 Å². The van der Waals surface area contributed by atoms with Crippen molar-refractivity contribution in [3.05, 3.63) is 35.4 Å². The highest BCUT2D eigenvalue weighted by Crippen LogP contribution is 2.24. The van der Waals surface area contributed by atoms with Gasteiger partial charge in [0.2, 0.25) is 0 Å². The highest BCUT2D eigenvalue weighted by atomic mass is 16.1. The maximum absolute atomic E-state index is 10.7. The predicted molar refractivity (Wildman–Crippen MR) is 75.7 cm³/mol. The number of nitrogens with zero attached hydrogens (tertiary/aromatic N) is 1. The maximum Gasteiger partial charge on any atom is 0.150 e. The number of nitrogens with two attached hydrogens (primary N) is 2. The lowest BCUT2D eigenvalue weighted by Gasteiger charge is -2.22. The molecule has 4 heteroatoms. The topological polar surface area (TPSA) is 72.4 Å². The first kappa shape index (κ1) is 14.3. The van der Waals surface area contributed by atoms with Gasteiger partial charge in [-0.3, -0.25) is 4.79 Å². The average molecular weight is 247 g/mol. The molecule has 0 aliphatic carbocycles. The fraction of sp³-hybridized carbons (Fsp3) is 0.357. The number of hydrogen-bond donors (Lipinski definition) is 2. The monoisotopic (exact) mass is 247 g/mol. The van der Waals surface area contributed by atoms with E-state index < -0.39 is 0 Å². The largest absolute Gasteiger partial charge is 0.398 e. The maximum atomic E-state index is 10.7. The number of aldehydes is 1. The Morgan fingerprint density at radius 2 is 2.11 bits per heavy atom. The van der Waals surface area contributed by atoms with Gasteiger partial charge in [-0.15, -0.1) is 0 Å². The number of rotatable bonds is 6. The average Bonchev–Trinajstić information content (AvgIpc) is 2.39. The van der Waals surface area contributed by atoms with Crippen LogP contribution in [0.2, 0.25) is 0 Å². The summed E-state index contributed by atoms with van der Waals surface area (Å²) in [6.45, 7) is 4.79. The van der Waals surface area contributed by atoms with Crippen molar-refractivity contribution in [3.8, 4) is 0 Å². The Morgan fingerprint density at radius 1 is 1.39 bits per heavy atom. The first-order valence-corrected chi connectivity index (χ1v) is 6.21. The number of allylic oxidation sites excluding steroid dienone is 1. The molecule has 4 N–H and O–H groups in total. The van der Waals surface area contributed by atoms with Gasteiger partial charge in [0.05, 0.1) is 5.70 Å². The van der Waals surface area contributed by atoms with Crippen LogP contribution in [0.3, 0.4) is 0 Å². The number of carbonyl (C=O) groups excluding carboxylic acids is 1. The Balaban J connectivity index is 3.16. The van der Waals surface area contributed by atoms with Crippen molar-refractivity contribution in [2.24, 2.45) is 5.84 Å². The molecule has 0 aliphatic rings. The van der Waals surface area contributed by atoms with Crippen molar-refractivity contribution in [1.82, 2.24) is 5.01 Å². The van der Waals surface area contributed by atoms with E-state index in [2.05, 4.69) is 13.0 Å². The molecular weight excluding hydrogens is 226 g/mol. The minimum atomic E-state index is 0.575. The molecule has 0 bridgehead atoms. The van der Waals surface area contributed by atoms with Crippen LogP contribution in [0.25, 0.3) is 5.70 Å². The summed E-state index contributed by atoms with van der Waals surface area (Å²) < 4.78 is 0. The van der Waals surface area contributed by atoms with Crippen LogP contribution in [-0.4, -0.2) is 17.8 Å². The second kappa shape index (κ2) is 6.81. The fourth-order valence-corrected chi connectivity index (χ4v) is 1.72. The van der Waals surface area contributed by atoms with E-state index in [1.807, 2.05) is 13.0 Å². The van der Waals surface area contributed by atoms with Crippen LogP contribution in [0.5, 0.6) is 0 Å². The van der Waals surface area contributed by atoms with Crippen LogP contribution in [0.15, 0.2) is 24.3 Å². The highest BCUT2D eigenvalue weighted by molar-refractivity contribution is 5.81. The van der Waals surface area contributed by atoms with Crippen molar-refractivity contribution in [2.75, 3.05) is 12.3 Å². The lowest BCUT2D eigenvalue weighted by Crippen LogP contribution is -2.29. The molecule has 1 aromatic rings. The number of carbonyl (C=O) groups is 1. The molecule has 1 aromatic carbocycles. The van der Waals surface area contributed by atoms with Gasteiger partial charge in [-0.05, 0) is 19.4 Å². The standard InChI is InChI=1S/C14H21N3O/c1-3-5-6-14(17(16)4-2)12-8-7-11(10-18)9-13(12)15/h6-10H,3-5,15-16H2,1-2H3/b14-6-. The summed E-state index contributed by atoms with van der Waals surface area (Å²) >= 11 is 0. The van der Waals surface area contributed by atoms with E-state index in [1.54, 1.807) is 17.1 Å². The van der Waals surface area contributed by atoms with Gasteiger partial charge >= 0.3 is 0 Å². The van der Waals surface area contributed by atoms with Gasteiger partial charge < -0.3 is 10.7 Å². The lowest BCUT2D eigenvalue weighted by atomic mass is 10.1. The molecule has 0 radical (unpaired) electrons. The molecule has 0 spiro atoms. The minimum absolute atomic E-state index is 0.575. The van der Waals surface area contributed by atoms with Gasteiger partial charge in [-0.2, -0.15) is 0 Å². The Kier molecular flexibility index (Phi) is 5.39. The van der Waals surface area contributed by atoms with Crippen LogP contribution in [0.1, 0.15) is 42.6 Å². The normalized spacial score (nSPS) is 11.4. The predicted octanol–water partition coefficient (Wildman–Crippen LogP) is 2.42. The van der Waals surface area contributed by atoms with Crippen molar-refractivity contribution < 1.29 is 4.79 Å². The first-order valence-electron chi connectivity index (χ1n) is 6.21. The molecule has 4 nitrogen and oxygen atoms in total. The van der Waals surface area contributed by atoms with Crippen LogP contribution in [-0.2, 0) is 0 Å². The van der Waals surface area contributed by atoms with E-state index >= 15 is 0 Å². The number of hydrazine groups is 1. The van der Waals surface area contributed by atoms with E-state index in [1.165, 1.54) is 0 Å². The number of nitrogen functional groups attached to an aromatic ring is 1. The van der Waals surface area contributed by atoms with Gasteiger partial charge in [0.1, 0.15) is 6.29 Å². The molecule has 1 rings (SSSR count). The van der Waals surface area contributed by atoms with Gasteiger partial charge in [-0.25, -0.2) is 5.84 Å². The SMILES string of the molecule is CCC/C=C(/c1ccc(C=O)cc1N)N(N)CC. The zero-order valence-electron chi connectivity index (χ0n) is 11.0. The Labute approximate surface area is 108 Å². The van der Waals surface area contributed by atoms with E-state index in [-0.39, 0.29) is 0 Å². The third-order valence-electron chi connectivity index (χ3n) is 2.76. The Bertz CT molecular complexity index is 441. The Hall–Kier alpha value is -1.81. The fourth-order valence-electron chi connectivity index (χ4n) is 1.72. The lowest BCUT2D eigenvalue weighted by molar-refractivity contribution is 0.112. The Morgan fingerprint density at radius 3 is 2.61 bits per heavy atom. The number of hydrogen-bond acceptors (Lipinski definition) is 4. The zero-order valence-corrected chi connectivity index (χ0v) is 11.0. The molecule has 98 valence electrons. The second-order valence-electron chi connectivity index (χ2n) is 4.13. The summed E-state index contributed by atoms with van der Waals surface area (Å²) in [4.78, 5) is 10.7. The molecule has 0 unspecified atom stereocenters. The summed E-state index contributed by atoms with van der Waals surface area (Å²) in [7, 11) is 0. The summed E-state index contributed by atoms with van der Waals surface area (Å²) in [6.07, 6.45) is 4.86. The molecule has 0 aliphatic heterocycles. The van der Waals surface area contributed by atoms with Crippen molar-refractivity contribution in [3.63, 3.8) is 0 Å². The first-order chi connectivity index (χ1) is 8.63. The molecule has 0 aromatic heterocycles. The van der Waals surface area contributed by atoms with E-state index in [9.17, 15) is 4.79 Å². The molecule has 0 saturated heterocycles. The summed E-state index contributed by atoms with van der Waals surface area (Å²) in [5, 5.41) is 1.67. The van der Waals surface area contributed by atoms with Gasteiger partial charge in [-0.1, -0.05) is 31.6 Å². The van der Waals surface area contributed by atoms with Crippen molar-refractivity contribution in [2.45, 2.75) is 26.7 Å². The van der Waals surface area contributed by atoms with E-state index in [4.69, 9.17) is 11.6 Å². The number of unbranched alkanes of at least 4 members (excludes halogenated alkanes) is 1. The third kappa shape index (κ3) is 3.34. The summed E-state index contributed by atoms with van der Waals surface area (Å²) in [5.74, 6) is 5.97. The van der Waals surface area contributed by atoms with E-state index in [0.717, 1.165) is 30.4 Å². The van der Waals surface area contributed by atoms with Crippen LogP contribution in [0.4, 0.5) is 5.69 Å². The molecule has 18 heavy (non-hydrogen) atoms. The molecule has 0 saturated carbocycles. The van der Waals surface area contributed by atoms with Crippen molar-refractivity contribution >= 4 is 17.7 Å². The van der Waals surface area contributed by atoms with Crippen molar-refractivity contribution in [1.29, 1.82) is 0 Å². The molecule has 0 atom stereocenters. The zero-order chi connectivity index (χ0) is 13.5. The van der Waals surface area contributed by atoms with Gasteiger partial charge in [0.15, 0.2) is 0 Å². The second-order valence-corrected chi connectivity index (χ2v) is 4.13. The molecule has 0 fully saturated rings. The number of anilines is 1. The summed E-state index contributed by atoms with van der Waals surface area (Å²) in [6, 6.07) is 5.27. The van der Waals surface area contributed by atoms with Crippen LogP contribution >= 0.6 is 0 Å². The quantitative estimate of drug-likeness (QED) is 0.350. The number of benzene rings is 1. The van der Waals surface area contributed by atoms with E-state index in [0.29, 0.717) is 17.8 Å². The van der Waals surface area contributed by atoms with Crippen LogP contribution in [0, 0.1) is 0 Å². The molecule has 0 amide bonds. The minimum Gasteiger partial charge on any atom is -0.398 e. The molecular formula is C14H21N3O. The third-order valence-corrected chi connectivity index (χ3v) is 2.76. The van der Waals surface area contributed by atoms with Crippen LogP contribution < -0.4 is 11.6 Å². The smallest absolute Gasteiger partial charge is 0.150 e. The highest BCUT2D eigenvalue weighted by Gasteiger charge is 2.10. The molecule has 0 heterocycles. The summed E-state index contributed by atoms with van der Waals surface area (Å²) in [5.41, 5.74) is 8.92.